The van der Waals surface area contributed by atoms with Crippen LogP contribution < -0.4 is 11.1 Å². The summed E-state index contributed by atoms with van der Waals surface area (Å²) in [5.41, 5.74) is 6.46. The highest BCUT2D eigenvalue weighted by Crippen LogP contribution is 2.15. The van der Waals surface area contributed by atoms with E-state index in [1.165, 1.54) is 6.07 Å². The van der Waals surface area contributed by atoms with Crippen molar-refractivity contribution in [2.75, 3.05) is 11.9 Å². The van der Waals surface area contributed by atoms with E-state index in [4.69, 9.17) is 5.73 Å². The molecule has 3 nitrogen and oxygen atoms in total. The van der Waals surface area contributed by atoms with Gasteiger partial charge in [-0.15, -0.1) is 0 Å². The Hall–Kier alpha value is -1.42. The second-order valence-corrected chi connectivity index (χ2v) is 4.08. The number of carbonyl (C=O) groups excluding carboxylic acids is 1. The van der Waals surface area contributed by atoms with Gasteiger partial charge in [0.1, 0.15) is 5.82 Å². The highest BCUT2D eigenvalue weighted by molar-refractivity contribution is 5.90. The van der Waals surface area contributed by atoms with Gasteiger partial charge in [-0.1, -0.05) is 13.0 Å². The van der Waals surface area contributed by atoms with Crippen molar-refractivity contribution in [2.45, 2.75) is 20.3 Å². The second kappa shape index (κ2) is 5.61. The third-order valence-corrected chi connectivity index (χ3v) is 2.33. The van der Waals surface area contributed by atoms with Crippen molar-refractivity contribution >= 4 is 11.6 Å². The fourth-order valence-electron chi connectivity index (χ4n) is 1.32. The maximum absolute atomic E-state index is 13.4. The summed E-state index contributed by atoms with van der Waals surface area (Å²) >= 11 is 0. The molecule has 0 aromatic heterocycles. The van der Waals surface area contributed by atoms with E-state index in [2.05, 4.69) is 5.32 Å². The van der Waals surface area contributed by atoms with E-state index in [0.717, 1.165) is 5.56 Å². The van der Waals surface area contributed by atoms with Crippen molar-refractivity contribution in [3.05, 3.63) is 29.6 Å². The first-order valence-electron chi connectivity index (χ1n) is 5.29. The number of nitrogens with two attached hydrogens (primary N) is 1. The van der Waals surface area contributed by atoms with E-state index in [9.17, 15) is 9.18 Å². The minimum Gasteiger partial charge on any atom is -0.330 e. The number of hydrogen-bond donors (Lipinski definition) is 2. The second-order valence-electron chi connectivity index (χ2n) is 4.08. The van der Waals surface area contributed by atoms with E-state index in [1.807, 2.05) is 6.92 Å². The van der Waals surface area contributed by atoms with Crippen molar-refractivity contribution in [3.8, 4) is 0 Å². The minimum atomic E-state index is -0.409. The van der Waals surface area contributed by atoms with Crippen LogP contribution in [0.1, 0.15) is 18.9 Å². The number of aryl methyl sites for hydroxylation is 1. The van der Waals surface area contributed by atoms with Gasteiger partial charge in [0.2, 0.25) is 5.91 Å². The van der Waals surface area contributed by atoms with Gasteiger partial charge in [-0.2, -0.15) is 0 Å². The molecule has 0 saturated heterocycles. The van der Waals surface area contributed by atoms with Crippen molar-refractivity contribution in [2.24, 2.45) is 11.7 Å². The van der Waals surface area contributed by atoms with Crippen molar-refractivity contribution < 1.29 is 9.18 Å². The van der Waals surface area contributed by atoms with Gasteiger partial charge in [0, 0.05) is 6.42 Å². The molecule has 1 aromatic carbocycles. The lowest BCUT2D eigenvalue weighted by molar-refractivity contribution is -0.116. The molecule has 3 N–H and O–H groups in total. The first-order valence-corrected chi connectivity index (χ1v) is 5.29. The number of carbonyl (C=O) groups is 1. The van der Waals surface area contributed by atoms with Crippen LogP contribution >= 0.6 is 0 Å². The zero-order chi connectivity index (χ0) is 12.1. The molecule has 1 rings (SSSR count). The number of hydrogen-bond acceptors (Lipinski definition) is 2. The minimum absolute atomic E-state index is 0.105. The van der Waals surface area contributed by atoms with Crippen molar-refractivity contribution in [3.63, 3.8) is 0 Å². The fourth-order valence-corrected chi connectivity index (χ4v) is 1.32. The maximum atomic E-state index is 13.4. The van der Waals surface area contributed by atoms with Crippen LogP contribution in [0.3, 0.4) is 0 Å². The molecule has 88 valence electrons. The third-order valence-electron chi connectivity index (χ3n) is 2.33. The van der Waals surface area contributed by atoms with Crippen LogP contribution in [0.25, 0.3) is 0 Å². The molecule has 16 heavy (non-hydrogen) atoms. The van der Waals surface area contributed by atoms with Gasteiger partial charge in [0.25, 0.3) is 0 Å². The van der Waals surface area contributed by atoms with E-state index in [0.29, 0.717) is 13.0 Å². The van der Waals surface area contributed by atoms with Crippen LogP contribution in [0, 0.1) is 18.7 Å². The van der Waals surface area contributed by atoms with E-state index >= 15 is 0 Å². The molecule has 0 bridgehead atoms. The van der Waals surface area contributed by atoms with E-state index < -0.39 is 5.82 Å². The predicted octanol–water partition coefficient (Wildman–Crippen LogP) is 2.06. The molecule has 4 heteroatoms. The Morgan fingerprint density at radius 3 is 2.81 bits per heavy atom. The normalized spacial score (nSPS) is 12.2. The Morgan fingerprint density at radius 1 is 1.56 bits per heavy atom. The first kappa shape index (κ1) is 12.6. The van der Waals surface area contributed by atoms with Gasteiger partial charge in [0.15, 0.2) is 0 Å². The molecule has 1 amide bonds. The molecule has 0 aliphatic rings. The average molecular weight is 224 g/mol. The summed E-state index contributed by atoms with van der Waals surface area (Å²) in [4.78, 5) is 11.5. The lowest BCUT2D eigenvalue weighted by atomic mass is 10.1. The van der Waals surface area contributed by atoms with Crippen LogP contribution in [-0.2, 0) is 4.79 Å². The summed E-state index contributed by atoms with van der Waals surface area (Å²) in [6.45, 7) is 4.13. The van der Waals surface area contributed by atoms with Crippen molar-refractivity contribution in [1.82, 2.24) is 0 Å². The Morgan fingerprint density at radius 2 is 2.25 bits per heavy atom. The largest absolute Gasteiger partial charge is 0.330 e. The Labute approximate surface area is 94.8 Å². The van der Waals surface area contributed by atoms with Gasteiger partial charge in [0.05, 0.1) is 5.69 Å². The van der Waals surface area contributed by atoms with Crippen LogP contribution in [0.2, 0.25) is 0 Å². The summed E-state index contributed by atoms with van der Waals surface area (Å²) in [6, 6.07) is 4.71. The molecule has 0 heterocycles. The lowest BCUT2D eigenvalue weighted by Gasteiger charge is -2.10. The van der Waals surface area contributed by atoms with E-state index in [-0.39, 0.29) is 17.5 Å². The standard InChI is InChI=1S/C12H17FN2O/c1-8-3-4-11(10(13)5-8)15-12(16)6-9(2)7-14/h3-5,9H,6-7,14H2,1-2H3,(H,15,16). The molecule has 0 spiro atoms. The van der Waals surface area contributed by atoms with Gasteiger partial charge in [-0.05, 0) is 37.1 Å². The zero-order valence-corrected chi connectivity index (χ0v) is 9.59. The van der Waals surface area contributed by atoms with Crippen LogP contribution in [0.5, 0.6) is 0 Å². The monoisotopic (exact) mass is 224 g/mol. The topological polar surface area (TPSA) is 55.1 Å². The summed E-state index contributed by atoms with van der Waals surface area (Å²) < 4.78 is 13.4. The van der Waals surface area contributed by atoms with E-state index in [1.54, 1.807) is 19.1 Å². The number of rotatable bonds is 4. The number of halogens is 1. The molecular formula is C12H17FN2O. The quantitative estimate of drug-likeness (QED) is 0.822. The third kappa shape index (κ3) is 3.62. The van der Waals surface area contributed by atoms with Gasteiger partial charge in [-0.25, -0.2) is 4.39 Å². The SMILES string of the molecule is Cc1ccc(NC(=O)CC(C)CN)c(F)c1. The molecule has 1 aromatic rings. The first-order chi connectivity index (χ1) is 7.52. The fraction of sp³-hybridized carbons (Fsp3) is 0.417. The number of amides is 1. The molecule has 0 fully saturated rings. The highest BCUT2D eigenvalue weighted by atomic mass is 19.1. The van der Waals surface area contributed by atoms with Gasteiger partial charge >= 0.3 is 0 Å². The Bertz CT molecular complexity index is 379. The van der Waals surface area contributed by atoms with Crippen molar-refractivity contribution in [1.29, 1.82) is 0 Å². The number of nitrogens with one attached hydrogen (secondary N) is 1. The molecule has 0 aliphatic carbocycles. The zero-order valence-electron chi connectivity index (χ0n) is 9.59. The van der Waals surface area contributed by atoms with Gasteiger partial charge < -0.3 is 11.1 Å². The summed E-state index contributed by atoms with van der Waals surface area (Å²) in [7, 11) is 0. The summed E-state index contributed by atoms with van der Waals surface area (Å²) in [5, 5.41) is 2.53. The van der Waals surface area contributed by atoms with Crippen LogP contribution in [0.4, 0.5) is 10.1 Å². The molecule has 0 radical (unpaired) electrons. The molecule has 0 saturated carbocycles. The maximum Gasteiger partial charge on any atom is 0.224 e. The van der Waals surface area contributed by atoms with Crippen LogP contribution in [-0.4, -0.2) is 12.5 Å². The molecule has 1 unspecified atom stereocenters. The van der Waals surface area contributed by atoms with Crippen LogP contribution in [0.15, 0.2) is 18.2 Å². The summed E-state index contributed by atoms with van der Waals surface area (Å²) in [5.74, 6) is -0.511. The Balaban J connectivity index is 2.63. The molecule has 0 aliphatic heterocycles. The predicted molar refractivity (Wildman–Crippen MR) is 62.6 cm³/mol. The van der Waals surface area contributed by atoms with Gasteiger partial charge in [-0.3, -0.25) is 4.79 Å². The number of benzene rings is 1. The number of anilines is 1. The lowest BCUT2D eigenvalue weighted by Crippen LogP contribution is -2.20. The molecule has 1 atom stereocenters. The highest BCUT2D eigenvalue weighted by Gasteiger charge is 2.10. The average Bonchev–Trinajstić information content (AvgIpc) is 2.22. The Kier molecular flexibility index (Phi) is 4.43. The summed E-state index contributed by atoms with van der Waals surface area (Å²) in [6.07, 6.45) is 0.309. The smallest absolute Gasteiger partial charge is 0.224 e. The molecular weight excluding hydrogens is 207 g/mol.